The van der Waals surface area contributed by atoms with Crippen molar-refractivity contribution in [3.05, 3.63) is 89.5 Å². The first-order chi connectivity index (χ1) is 16.7. The average molecular weight is 493 g/mol. The number of fused-ring (bicyclic) bond motifs is 1. The number of para-hydroxylation sites is 1. The Morgan fingerprint density at radius 2 is 1.66 bits per heavy atom. The Morgan fingerprint density at radius 3 is 2.37 bits per heavy atom. The van der Waals surface area contributed by atoms with Gasteiger partial charge in [-0.1, -0.05) is 24.3 Å². The van der Waals surface area contributed by atoms with E-state index in [1.165, 1.54) is 54.6 Å². The Hall–Kier alpha value is -3.98. The summed E-state index contributed by atoms with van der Waals surface area (Å²) >= 11 is 0. The van der Waals surface area contributed by atoms with Gasteiger partial charge in [0.15, 0.2) is 6.10 Å². The summed E-state index contributed by atoms with van der Waals surface area (Å²) in [7, 11) is -3.88. The van der Waals surface area contributed by atoms with Crippen molar-refractivity contribution in [2.24, 2.45) is 0 Å². The van der Waals surface area contributed by atoms with Gasteiger partial charge in [-0.25, -0.2) is 13.2 Å². The number of hydrogen-bond donors (Lipinski definition) is 1. The van der Waals surface area contributed by atoms with Crippen LogP contribution in [0.3, 0.4) is 0 Å². The Bertz CT molecular complexity index is 1400. The molecular formula is C26H24N2O6S. The summed E-state index contributed by atoms with van der Waals surface area (Å²) in [5.74, 6) is -1.46. The number of rotatable bonds is 7. The van der Waals surface area contributed by atoms with Crippen molar-refractivity contribution < 1.29 is 27.5 Å². The van der Waals surface area contributed by atoms with E-state index in [1.807, 2.05) is 12.1 Å². The number of carbonyl (C=O) groups is 3. The molecule has 3 aromatic carbocycles. The quantitative estimate of drug-likeness (QED) is 0.397. The zero-order valence-electron chi connectivity index (χ0n) is 19.2. The standard InChI is InChI=1S/C26H24N2O6S/c1-17(25(30)20-10-12-22(13-11-20)27-18(2)29)34-26(31)21-7-5-8-23(16-21)35(32,33)28-15-14-19-6-3-4-9-24(19)28/h3-13,16-17H,14-15H2,1-2H3,(H,27,29). The number of carbonyl (C=O) groups excluding carboxylic acids is 3. The van der Waals surface area contributed by atoms with Gasteiger partial charge < -0.3 is 10.1 Å². The summed E-state index contributed by atoms with van der Waals surface area (Å²) in [4.78, 5) is 36.5. The third kappa shape index (κ3) is 5.09. The number of nitrogens with zero attached hydrogens (tertiary/aromatic N) is 1. The van der Waals surface area contributed by atoms with E-state index in [4.69, 9.17) is 4.74 Å². The lowest BCUT2D eigenvalue weighted by atomic mass is 10.1. The Balaban J connectivity index is 1.48. The fourth-order valence-corrected chi connectivity index (χ4v) is 5.46. The molecule has 35 heavy (non-hydrogen) atoms. The molecule has 0 radical (unpaired) electrons. The van der Waals surface area contributed by atoms with Crippen LogP contribution in [0.4, 0.5) is 11.4 Å². The van der Waals surface area contributed by atoms with Crippen molar-refractivity contribution in [1.82, 2.24) is 0 Å². The molecule has 0 bridgehead atoms. The predicted octanol–water partition coefficient (Wildman–Crippen LogP) is 3.82. The Morgan fingerprint density at radius 1 is 0.943 bits per heavy atom. The van der Waals surface area contributed by atoms with Crippen LogP contribution in [0.5, 0.6) is 0 Å². The molecule has 1 unspecified atom stereocenters. The molecule has 0 spiro atoms. The molecule has 1 heterocycles. The fraction of sp³-hybridized carbons (Fsp3) is 0.192. The molecule has 1 atom stereocenters. The second-order valence-corrected chi connectivity index (χ2v) is 10.0. The minimum absolute atomic E-state index is 0.0270. The highest BCUT2D eigenvalue weighted by atomic mass is 32.2. The highest BCUT2D eigenvalue weighted by Gasteiger charge is 2.31. The first-order valence-electron chi connectivity index (χ1n) is 11.0. The molecule has 0 saturated carbocycles. The van der Waals surface area contributed by atoms with E-state index in [9.17, 15) is 22.8 Å². The molecule has 0 fully saturated rings. The van der Waals surface area contributed by atoms with E-state index in [0.717, 1.165) is 5.56 Å². The first-order valence-corrected chi connectivity index (χ1v) is 12.4. The molecule has 1 amide bonds. The van der Waals surface area contributed by atoms with Crippen LogP contribution < -0.4 is 9.62 Å². The number of anilines is 2. The number of ketones is 1. The van der Waals surface area contributed by atoms with E-state index in [-0.39, 0.29) is 16.4 Å². The maximum absolute atomic E-state index is 13.3. The fourth-order valence-electron chi connectivity index (χ4n) is 3.91. The first kappa shape index (κ1) is 24.2. The molecule has 0 saturated heterocycles. The van der Waals surface area contributed by atoms with Gasteiger partial charge in [0.25, 0.3) is 10.0 Å². The number of hydrogen-bond acceptors (Lipinski definition) is 6. The van der Waals surface area contributed by atoms with Gasteiger partial charge in [-0.15, -0.1) is 0 Å². The van der Waals surface area contributed by atoms with E-state index in [1.54, 1.807) is 24.3 Å². The normalized spacial score (nSPS) is 13.6. The molecular weight excluding hydrogens is 468 g/mol. The highest BCUT2D eigenvalue weighted by Crippen LogP contribution is 2.32. The van der Waals surface area contributed by atoms with Gasteiger partial charge in [-0.05, 0) is 67.4 Å². The monoisotopic (exact) mass is 492 g/mol. The van der Waals surface area contributed by atoms with E-state index in [2.05, 4.69) is 5.32 Å². The highest BCUT2D eigenvalue weighted by molar-refractivity contribution is 7.92. The Labute approximate surface area is 203 Å². The van der Waals surface area contributed by atoms with Gasteiger partial charge in [0, 0.05) is 24.7 Å². The zero-order valence-corrected chi connectivity index (χ0v) is 20.0. The van der Waals surface area contributed by atoms with E-state index in [0.29, 0.717) is 29.9 Å². The largest absolute Gasteiger partial charge is 0.451 e. The summed E-state index contributed by atoms with van der Waals surface area (Å²) in [5.41, 5.74) is 2.45. The van der Waals surface area contributed by atoms with Gasteiger partial charge in [-0.2, -0.15) is 0 Å². The van der Waals surface area contributed by atoms with E-state index < -0.39 is 27.9 Å². The summed E-state index contributed by atoms with van der Waals surface area (Å²) in [5, 5.41) is 2.61. The smallest absolute Gasteiger partial charge is 0.338 e. The number of Topliss-reactive ketones (excluding diaryl/α,β-unsaturated/α-hetero) is 1. The molecule has 1 aliphatic rings. The SMILES string of the molecule is CC(=O)Nc1ccc(C(=O)C(C)OC(=O)c2cccc(S(=O)(=O)N3CCc4ccccc43)c2)cc1. The van der Waals surface area contributed by atoms with Gasteiger partial charge in [0.05, 0.1) is 16.1 Å². The van der Waals surface area contributed by atoms with Crippen LogP contribution in [0.2, 0.25) is 0 Å². The van der Waals surface area contributed by atoms with Crippen molar-refractivity contribution in [1.29, 1.82) is 0 Å². The van der Waals surface area contributed by atoms with Crippen LogP contribution >= 0.6 is 0 Å². The molecule has 8 nitrogen and oxygen atoms in total. The van der Waals surface area contributed by atoms with Crippen molar-refractivity contribution in [2.75, 3.05) is 16.2 Å². The van der Waals surface area contributed by atoms with Gasteiger partial charge >= 0.3 is 5.97 Å². The lowest BCUT2D eigenvalue weighted by Crippen LogP contribution is -2.29. The van der Waals surface area contributed by atoms with E-state index >= 15 is 0 Å². The van der Waals surface area contributed by atoms with Crippen LogP contribution in [0.15, 0.2) is 77.7 Å². The maximum Gasteiger partial charge on any atom is 0.338 e. The zero-order chi connectivity index (χ0) is 25.2. The number of nitrogens with one attached hydrogen (secondary N) is 1. The molecule has 1 aliphatic heterocycles. The summed E-state index contributed by atoms with van der Waals surface area (Å²) in [6.07, 6.45) is -0.484. The topological polar surface area (TPSA) is 110 Å². The van der Waals surface area contributed by atoms with Crippen molar-refractivity contribution in [3.63, 3.8) is 0 Å². The van der Waals surface area contributed by atoms with Gasteiger partial charge in [-0.3, -0.25) is 13.9 Å². The number of benzene rings is 3. The van der Waals surface area contributed by atoms with Crippen LogP contribution in [0, 0.1) is 0 Å². The minimum atomic E-state index is -3.88. The van der Waals surface area contributed by atoms with Crippen LogP contribution in [-0.2, 0) is 26.0 Å². The van der Waals surface area contributed by atoms with Crippen molar-refractivity contribution in [2.45, 2.75) is 31.3 Å². The predicted molar refractivity (Wildman–Crippen MR) is 131 cm³/mol. The third-order valence-corrected chi connectivity index (χ3v) is 7.45. The van der Waals surface area contributed by atoms with Crippen LogP contribution in [0.1, 0.15) is 40.1 Å². The molecule has 3 aromatic rings. The number of ether oxygens (including phenoxy) is 1. The second-order valence-electron chi connectivity index (χ2n) is 8.15. The average Bonchev–Trinajstić information content (AvgIpc) is 3.29. The number of sulfonamides is 1. The van der Waals surface area contributed by atoms with Crippen molar-refractivity contribution >= 4 is 39.1 Å². The molecule has 4 rings (SSSR count). The Kier molecular flexibility index (Phi) is 6.70. The molecule has 0 aromatic heterocycles. The van der Waals surface area contributed by atoms with Gasteiger partial charge in [0.2, 0.25) is 11.7 Å². The van der Waals surface area contributed by atoms with Gasteiger partial charge in [0.1, 0.15) is 0 Å². The molecule has 9 heteroatoms. The molecule has 1 N–H and O–H groups in total. The molecule has 180 valence electrons. The van der Waals surface area contributed by atoms with Crippen molar-refractivity contribution in [3.8, 4) is 0 Å². The summed E-state index contributed by atoms with van der Waals surface area (Å²) in [6, 6.07) is 19.1. The minimum Gasteiger partial charge on any atom is -0.451 e. The lowest BCUT2D eigenvalue weighted by Gasteiger charge is -2.20. The summed E-state index contributed by atoms with van der Waals surface area (Å²) < 4.78 is 33.2. The second kappa shape index (κ2) is 9.71. The number of amides is 1. The molecule has 0 aliphatic carbocycles. The lowest BCUT2D eigenvalue weighted by molar-refractivity contribution is -0.114. The van der Waals surface area contributed by atoms with Crippen LogP contribution in [0.25, 0.3) is 0 Å². The third-order valence-electron chi connectivity index (χ3n) is 5.65. The van der Waals surface area contributed by atoms with Crippen LogP contribution in [-0.4, -0.2) is 38.7 Å². The number of esters is 1. The maximum atomic E-state index is 13.3. The summed E-state index contributed by atoms with van der Waals surface area (Å²) in [6.45, 7) is 3.15.